The summed E-state index contributed by atoms with van der Waals surface area (Å²) < 4.78 is 0. The molecule has 4 heteroatoms. The molecule has 0 amide bonds. The third-order valence-corrected chi connectivity index (χ3v) is 10.1. The highest BCUT2D eigenvalue weighted by molar-refractivity contribution is 6.89. The zero-order valence-corrected chi connectivity index (χ0v) is 25.9. The van der Waals surface area contributed by atoms with E-state index < -0.39 is 8.07 Å². The summed E-state index contributed by atoms with van der Waals surface area (Å²) in [5, 5.41) is 1.44. The number of hydrogen-bond acceptors (Lipinski definition) is 3. The zero-order chi connectivity index (χ0) is 29.4. The highest BCUT2D eigenvalue weighted by Crippen LogP contribution is 2.55. The maximum atomic E-state index is 2.50. The summed E-state index contributed by atoms with van der Waals surface area (Å²) >= 11 is 0. The normalized spacial score (nSPS) is 12.4. The average Bonchev–Trinajstić information content (AvgIpc) is 3.05. The maximum Gasteiger partial charge on any atom is 0.0803 e. The van der Waals surface area contributed by atoms with Gasteiger partial charge in [-0.3, -0.25) is 0 Å². The highest BCUT2D eigenvalue weighted by atomic mass is 28.3. The molecule has 7 rings (SSSR count). The van der Waals surface area contributed by atoms with Gasteiger partial charge in [-0.25, -0.2) is 0 Å². The van der Waals surface area contributed by atoms with E-state index in [0.29, 0.717) is 0 Å². The number of para-hydroxylation sites is 6. The van der Waals surface area contributed by atoms with Gasteiger partial charge in [-0.1, -0.05) is 105 Å². The molecule has 0 fully saturated rings. The predicted octanol–water partition coefficient (Wildman–Crippen LogP) is 11.0. The van der Waals surface area contributed by atoms with Crippen LogP contribution in [-0.4, -0.2) is 8.07 Å². The van der Waals surface area contributed by atoms with Crippen molar-refractivity contribution in [2.24, 2.45) is 0 Å². The van der Waals surface area contributed by atoms with Crippen LogP contribution in [0, 0.1) is 0 Å². The lowest BCUT2D eigenvalue weighted by atomic mass is 10.0. The van der Waals surface area contributed by atoms with Crippen molar-refractivity contribution >= 4 is 64.4 Å². The van der Waals surface area contributed by atoms with Crippen molar-refractivity contribution in [3.63, 3.8) is 0 Å². The van der Waals surface area contributed by atoms with E-state index in [9.17, 15) is 0 Å². The highest BCUT2D eigenvalue weighted by Gasteiger charge is 2.33. The number of benzene rings is 6. The van der Waals surface area contributed by atoms with E-state index in [1.807, 2.05) is 0 Å². The first-order valence-corrected chi connectivity index (χ1v) is 18.4. The fraction of sp³-hybridized carbons (Fsp3) is 0.0769. The van der Waals surface area contributed by atoms with Crippen LogP contribution >= 0.6 is 0 Å². The minimum absolute atomic E-state index is 1.11. The van der Waals surface area contributed by atoms with E-state index in [1.54, 1.807) is 0 Å². The van der Waals surface area contributed by atoms with Crippen molar-refractivity contribution in [2.75, 3.05) is 14.7 Å². The van der Waals surface area contributed by atoms with Crippen molar-refractivity contribution in [1.29, 1.82) is 0 Å². The van der Waals surface area contributed by atoms with Crippen LogP contribution in [0.4, 0.5) is 51.2 Å². The van der Waals surface area contributed by atoms with Crippen molar-refractivity contribution in [1.82, 2.24) is 0 Å². The van der Waals surface area contributed by atoms with Crippen molar-refractivity contribution in [2.45, 2.75) is 19.6 Å². The van der Waals surface area contributed by atoms with Gasteiger partial charge in [-0.15, -0.1) is 0 Å². The summed E-state index contributed by atoms with van der Waals surface area (Å²) in [6.45, 7) is 7.30. The number of rotatable bonds is 6. The Hall–Kier alpha value is -5.06. The van der Waals surface area contributed by atoms with Gasteiger partial charge in [0.25, 0.3) is 0 Å². The molecule has 6 aromatic rings. The summed E-state index contributed by atoms with van der Waals surface area (Å²) in [5.74, 6) is 0. The number of anilines is 9. The maximum absolute atomic E-state index is 2.50. The van der Waals surface area contributed by atoms with Gasteiger partial charge >= 0.3 is 0 Å². The van der Waals surface area contributed by atoms with Crippen molar-refractivity contribution in [3.8, 4) is 0 Å². The van der Waals surface area contributed by atoms with Gasteiger partial charge in [-0.05, 0) is 78.0 Å². The van der Waals surface area contributed by atoms with Crippen molar-refractivity contribution < 1.29 is 0 Å². The van der Waals surface area contributed by atoms with Gasteiger partial charge in [0.1, 0.15) is 0 Å². The second-order valence-corrected chi connectivity index (χ2v) is 17.0. The molecule has 0 saturated carbocycles. The molecule has 0 radical (unpaired) electrons. The Balaban J connectivity index is 1.52. The Bertz CT molecular complexity index is 1830. The quantitative estimate of drug-likeness (QED) is 0.183. The molecule has 6 aromatic carbocycles. The molecule has 1 aliphatic heterocycles. The first kappa shape index (κ1) is 26.8. The molecule has 0 saturated heterocycles. The topological polar surface area (TPSA) is 9.72 Å². The molecule has 1 heterocycles. The van der Waals surface area contributed by atoms with Gasteiger partial charge < -0.3 is 14.7 Å². The molecule has 43 heavy (non-hydrogen) atoms. The minimum Gasteiger partial charge on any atom is -0.310 e. The first-order valence-electron chi connectivity index (χ1n) is 14.9. The molecule has 0 aromatic heterocycles. The van der Waals surface area contributed by atoms with Gasteiger partial charge in [0.2, 0.25) is 0 Å². The molecule has 0 atom stereocenters. The summed E-state index contributed by atoms with van der Waals surface area (Å²) in [6, 6.07) is 56.7. The molecule has 1 aliphatic rings. The lowest BCUT2D eigenvalue weighted by Gasteiger charge is -2.42. The van der Waals surface area contributed by atoms with Crippen molar-refractivity contribution in [3.05, 3.63) is 158 Å². The van der Waals surface area contributed by atoms with Crippen LogP contribution in [0.2, 0.25) is 19.6 Å². The lowest BCUT2D eigenvalue weighted by Crippen LogP contribution is -2.41. The second kappa shape index (κ2) is 11.0. The second-order valence-electron chi connectivity index (χ2n) is 11.9. The summed E-state index contributed by atoms with van der Waals surface area (Å²) in [6.07, 6.45) is 0. The molecule has 0 N–H and O–H groups in total. The molecule has 0 unspecified atom stereocenters. The Morgan fingerprint density at radius 3 is 1.44 bits per heavy atom. The molecular formula is C39H35N3Si. The van der Waals surface area contributed by atoms with Crippen LogP contribution in [0.5, 0.6) is 0 Å². The smallest absolute Gasteiger partial charge is 0.0803 e. The lowest BCUT2D eigenvalue weighted by molar-refractivity contribution is 1.16. The number of nitrogens with zero attached hydrogens (tertiary/aromatic N) is 3. The molecular weight excluding hydrogens is 539 g/mol. The Kier molecular flexibility index (Phi) is 6.84. The van der Waals surface area contributed by atoms with E-state index in [0.717, 1.165) is 34.1 Å². The molecule has 0 spiro atoms. The van der Waals surface area contributed by atoms with Crippen LogP contribution in [-0.2, 0) is 0 Å². The van der Waals surface area contributed by atoms with E-state index in [2.05, 4.69) is 192 Å². The molecule has 0 bridgehead atoms. The molecule has 3 nitrogen and oxygen atoms in total. The van der Waals surface area contributed by atoms with Crippen LogP contribution in [0.15, 0.2) is 158 Å². The van der Waals surface area contributed by atoms with Gasteiger partial charge in [0.05, 0.1) is 30.8 Å². The van der Waals surface area contributed by atoms with E-state index in [-0.39, 0.29) is 0 Å². The third kappa shape index (κ3) is 4.90. The SMILES string of the molecule is C[Si](C)(C)c1ccccc1N1c2ccccc2N(c2ccccc2)c2ccc(N(c3ccccc3)c3ccccc3)cc21. The van der Waals surface area contributed by atoms with E-state index in [1.165, 1.54) is 22.2 Å². The summed E-state index contributed by atoms with van der Waals surface area (Å²) in [7, 11) is -1.69. The van der Waals surface area contributed by atoms with Crippen LogP contribution in [0.25, 0.3) is 0 Å². The number of hydrogen-bond donors (Lipinski definition) is 0. The fourth-order valence-corrected chi connectivity index (χ4v) is 7.70. The first-order chi connectivity index (χ1) is 21.0. The number of fused-ring (bicyclic) bond motifs is 2. The molecule has 210 valence electrons. The minimum atomic E-state index is -1.69. The van der Waals surface area contributed by atoms with E-state index in [4.69, 9.17) is 0 Å². The average molecular weight is 574 g/mol. The largest absolute Gasteiger partial charge is 0.310 e. The Morgan fingerprint density at radius 1 is 0.395 bits per heavy atom. The summed E-state index contributed by atoms with van der Waals surface area (Å²) in [4.78, 5) is 7.24. The van der Waals surface area contributed by atoms with Gasteiger partial charge in [0.15, 0.2) is 0 Å². The summed E-state index contributed by atoms with van der Waals surface area (Å²) in [5.41, 5.74) is 10.4. The standard InChI is InChI=1S/C39H35N3Si/c1-43(2,3)39-26-16-15-25-37(39)42-35-24-14-13-23-34(35)41(32-21-11-6-12-22-32)36-28-27-33(29-38(36)42)40(30-17-7-4-8-18-30)31-19-9-5-10-20-31/h4-29H,1-3H3. The van der Waals surface area contributed by atoms with Crippen LogP contribution in [0.1, 0.15) is 0 Å². The molecule has 0 aliphatic carbocycles. The Labute approximate surface area is 255 Å². The van der Waals surface area contributed by atoms with Gasteiger partial charge in [0, 0.05) is 28.4 Å². The van der Waals surface area contributed by atoms with Gasteiger partial charge in [-0.2, -0.15) is 0 Å². The zero-order valence-electron chi connectivity index (χ0n) is 24.9. The van der Waals surface area contributed by atoms with Crippen LogP contribution < -0.4 is 19.9 Å². The Morgan fingerprint density at radius 2 is 0.860 bits per heavy atom. The fourth-order valence-electron chi connectivity index (χ4n) is 6.14. The van der Waals surface area contributed by atoms with Crippen LogP contribution in [0.3, 0.4) is 0 Å². The monoisotopic (exact) mass is 573 g/mol. The predicted molar refractivity (Wildman–Crippen MR) is 187 cm³/mol. The van der Waals surface area contributed by atoms with E-state index >= 15 is 0 Å². The third-order valence-electron chi connectivity index (χ3n) is 8.06.